The molecule has 4 nitrogen and oxygen atoms in total. The van der Waals surface area contributed by atoms with Crippen molar-refractivity contribution in [3.8, 4) is 0 Å². The van der Waals surface area contributed by atoms with Crippen molar-refractivity contribution in [1.82, 2.24) is 5.32 Å². The number of aryl methyl sites for hydroxylation is 1. The Morgan fingerprint density at radius 2 is 1.50 bits per heavy atom. The fraction of sp³-hybridized carbons (Fsp3) is 0.130. The molecule has 142 valence electrons. The number of nitrogens with one attached hydrogen (secondary N) is 2. The Labute approximate surface area is 169 Å². The van der Waals surface area contributed by atoms with Crippen molar-refractivity contribution in [3.63, 3.8) is 0 Å². The first kappa shape index (κ1) is 19.6. The van der Waals surface area contributed by atoms with Crippen molar-refractivity contribution in [2.75, 3.05) is 11.9 Å². The van der Waals surface area contributed by atoms with Crippen LogP contribution in [-0.4, -0.2) is 18.4 Å². The molecule has 2 amide bonds. The molecule has 0 aliphatic carbocycles. The summed E-state index contributed by atoms with van der Waals surface area (Å²) in [4.78, 5) is 24.6. The summed E-state index contributed by atoms with van der Waals surface area (Å²) >= 11 is 5.87. The van der Waals surface area contributed by atoms with Gasteiger partial charge in [0.05, 0.1) is 0 Å². The Morgan fingerprint density at radius 3 is 2.14 bits per heavy atom. The molecule has 2 N–H and O–H groups in total. The summed E-state index contributed by atoms with van der Waals surface area (Å²) in [5.41, 5.74) is 3.94. The minimum atomic E-state index is -0.208. The van der Waals surface area contributed by atoms with Crippen LogP contribution in [0.1, 0.15) is 31.8 Å². The minimum absolute atomic E-state index is 0.167. The highest BCUT2D eigenvalue weighted by Crippen LogP contribution is 2.13. The molecule has 0 saturated carbocycles. The molecule has 0 bridgehead atoms. The highest BCUT2D eigenvalue weighted by molar-refractivity contribution is 6.30. The van der Waals surface area contributed by atoms with Gasteiger partial charge in [0, 0.05) is 28.4 Å². The zero-order valence-electron chi connectivity index (χ0n) is 15.5. The van der Waals surface area contributed by atoms with Gasteiger partial charge in [0.2, 0.25) is 0 Å². The molecular weight excluding hydrogens is 372 g/mol. The minimum Gasteiger partial charge on any atom is -0.352 e. The number of carbonyl (C=O) groups excluding carboxylic acids is 2. The average Bonchev–Trinajstić information content (AvgIpc) is 2.69. The molecule has 0 unspecified atom stereocenters. The standard InChI is InChI=1S/C23H21ClN2O2/c1-16-3-2-4-21(15-16)26-23(28)19-9-7-18(8-10-19)22(27)25-14-13-17-5-11-20(24)12-6-17/h2-12,15H,13-14H2,1H3,(H,25,27)(H,26,28). The van der Waals surface area contributed by atoms with E-state index in [1.807, 2.05) is 55.5 Å². The Kier molecular flexibility index (Phi) is 6.45. The van der Waals surface area contributed by atoms with E-state index >= 15 is 0 Å². The second-order valence-corrected chi connectivity index (χ2v) is 6.97. The summed E-state index contributed by atoms with van der Waals surface area (Å²) in [5.74, 6) is -0.375. The third-order valence-electron chi connectivity index (χ3n) is 4.30. The van der Waals surface area contributed by atoms with Gasteiger partial charge in [-0.25, -0.2) is 0 Å². The fourth-order valence-corrected chi connectivity index (χ4v) is 2.90. The van der Waals surface area contributed by atoms with Gasteiger partial charge in [0.1, 0.15) is 0 Å². The molecule has 0 fully saturated rings. The van der Waals surface area contributed by atoms with Crippen molar-refractivity contribution in [2.45, 2.75) is 13.3 Å². The molecule has 0 aliphatic heterocycles. The molecule has 0 spiro atoms. The van der Waals surface area contributed by atoms with E-state index in [0.29, 0.717) is 22.7 Å². The van der Waals surface area contributed by atoms with Crippen LogP contribution in [0.2, 0.25) is 5.02 Å². The van der Waals surface area contributed by atoms with E-state index in [4.69, 9.17) is 11.6 Å². The summed E-state index contributed by atoms with van der Waals surface area (Å²) in [6.07, 6.45) is 0.722. The Hall–Kier alpha value is -3.11. The van der Waals surface area contributed by atoms with Crippen LogP contribution in [0.3, 0.4) is 0 Å². The largest absolute Gasteiger partial charge is 0.352 e. The van der Waals surface area contributed by atoms with Gasteiger partial charge in [0.25, 0.3) is 11.8 Å². The molecule has 28 heavy (non-hydrogen) atoms. The van der Waals surface area contributed by atoms with E-state index < -0.39 is 0 Å². The normalized spacial score (nSPS) is 10.4. The van der Waals surface area contributed by atoms with Gasteiger partial charge < -0.3 is 10.6 Å². The monoisotopic (exact) mass is 392 g/mol. The van der Waals surface area contributed by atoms with Gasteiger partial charge in [0.15, 0.2) is 0 Å². The summed E-state index contributed by atoms with van der Waals surface area (Å²) in [5, 5.41) is 6.43. The first-order valence-electron chi connectivity index (χ1n) is 9.02. The molecule has 3 aromatic rings. The van der Waals surface area contributed by atoms with Crippen molar-refractivity contribution < 1.29 is 9.59 Å². The zero-order valence-corrected chi connectivity index (χ0v) is 16.3. The lowest BCUT2D eigenvalue weighted by Crippen LogP contribution is -2.25. The van der Waals surface area contributed by atoms with Crippen LogP contribution in [0, 0.1) is 6.92 Å². The number of hydrogen-bond donors (Lipinski definition) is 2. The van der Waals surface area contributed by atoms with Gasteiger partial charge in [-0.15, -0.1) is 0 Å². The average molecular weight is 393 g/mol. The molecule has 0 aliphatic rings. The first-order chi connectivity index (χ1) is 13.5. The lowest BCUT2D eigenvalue weighted by atomic mass is 10.1. The number of halogens is 1. The molecule has 5 heteroatoms. The topological polar surface area (TPSA) is 58.2 Å². The first-order valence-corrected chi connectivity index (χ1v) is 9.40. The molecule has 0 radical (unpaired) electrons. The van der Waals surface area contributed by atoms with Gasteiger partial charge >= 0.3 is 0 Å². The number of rotatable bonds is 6. The lowest BCUT2D eigenvalue weighted by molar-refractivity contribution is 0.0952. The quantitative estimate of drug-likeness (QED) is 0.628. The van der Waals surface area contributed by atoms with E-state index in [0.717, 1.165) is 23.2 Å². The molecule has 3 rings (SSSR count). The van der Waals surface area contributed by atoms with Gasteiger partial charge in [-0.3, -0.25) is 9.59 Å². The van der Waals surface area contributed by atoms with Crippen LogP contribution in [-0.2, 0) is 6.42 Å². The second-order valence-electron chi connectivity index (χ2n) is 6.53. The van der Waals surface area contributed by atoms with E-state index in [9.17, 15) is 9.59 Å². The number of carbonyl (C=O) groups is 2. The fourth-order valence-electron chi connectivity index (χ4n) is 2.77. The molecule has 0 aromatic heterocycles. The Balaban J connectivity index is 1.53. The van der Waals surface area contributed by atoms with Crippen LogP contribution in [0.15, 0.2) is 72.8 Å². The zero-order chi connectivity index (χ0) is 19.9. The van der Waals surface area contributed by atoms with Crippen LogP contribution in [0.25, 0.3) is 0 Å². The van der Waals surface area contributed by atoms with Crippen molar-refractivity contribution in [3.05, 3.63) is 100 Å². The van der Waals surface area contributed by atoms with Crippen LogP contribution >= 0.6 is 11.6 Å². The van der Waals surface area contributed by atoms with Crippen LogP contribution in [0.4, 0.5) is 5.69 Å². The van der Waals surface area contributed by atoms with Gasteiger partial charge in [-0.2, -0.15) is 0 Å². The van der Waals surface area contributed by atoms with Crippen LogP contribution < -0.4 is 10.6 Å². The van der Waals surface area contributed by atoms with Gasteiger partial charge in [-0.05, 0) is 73.0 Å². The van der Waals surface area contributed by atoms with E-state index in [1.54, 1.807) is 24.3 Å². The number of benzene rings is 3. The van der Waals surface area contributed by atoms with E-state index in [2.05, 4.69) is 10.6 Å². The van der Waals surface area contributed by atoms with Crippen molar-refractivity contribution in [2.24, 2.45) is 0 Å². The third-order valence-corrected chi connectivity index (χ3v) is 4.55. The maximum absolute atomic E-state index is 12.3. The molecule has 0 atom stereocenters. The molecule has 0 saturated heterocycles. The number of amides is 2. The summed E-state index contributed by atoms with van der Waals surface area (Å²) in [6.45, 7) is 2.49. The SMILES string of the molecule is Cc1cccc(NC(=O)c2ccc(C(=O)NCCc3ccc(Cl)cc3)cc2)c1. The van der Waals surface area contributed by atoms with E-state index in [-0.39, 0.29) is 11.8 Å². The third kappa shape index (κ3) is 5.44. The smallest absolute Gasteiger partial charge is 0.255 e. The Bertz CT molecular complexity index is 967. The summed E-state index contributed by atoms with van der Waals surface area (Å²) in [7, 11) is 0. The molecular formula is C23H21ClN2O2. The number of hydrogen-bond acceptors (Lipinski definition) is 2. The van der Waals surface area contributed by atoms with Crippen molar-refractivity contribution >= 4 is 29.1 Å². The van der Waals surface area contributed by atoms with E-state index in [1.165, 1.54) is 0 Å². The Morgan fingerprint density at radius 1 is 0.857 bits per heavy atom. The number of anilines is 1. The lowest BCUT2D eigenvalue weighted by Gasteiger charge is -2.08. The predicted molar refractivity (Wildman–Crippen MR) is 113 cm³/mol. The predicted octanol–water partition coefficient (Wildman–Crippen LogP) is 4.87. The van der Waals surface area contributed by atoms with Crippen LogP contribution in [0.5, 0.6) is 0 Å². The highest BCUT2D eigenvalue weighted by atomic mass is 35.5. The second kappa shape index (κ2) is 9.20. The maximum Gasteiger partial charge on any atom is 0.255 e. The summed E-state index contributed by atoms with van der Waals surface area (Å²) < 4.78 is 0. The maximum atomic E-state index is 12.3. The summed E-state index contributed by atoms with van der Waals surface area (Å²) in [6, 6.07) is 21.8. The highest BCUT2D eigenvalue weighted by Gasteiger charge is 2.09. The molecule has 3 aromatic carbocycles. The van der Waals surface area contributed by atoms with Gasteiger partial charge in [-0.1, -0.05) is 35.9 Å². The molecule has 0 heterocycles. The van der Waals surface area contributed by atoms with Crippen molar-refractivity contribution in [1.29, 1.82) is 0 Å².